The quantitative estimate of drug-likeness (QED) is 0.834. The molecular weight excluding hydrogens is 310 g/mol. The van der Waals surface area contributed by atoms with E-state index in [1.54, 1.807) is 23.5 Å². The summed E-state index contributed by atoms with van der Waals surface area (Å²) in [5, 5.41) is 0. The van der Waals surface area contributed by atoms with Crippen LogP contribution in [0.1, 0.15) is 29.0 Å². The number of hydrogen-bond acceptors (Lipinski definition) is 7. The zero-order valence-electron chi connectivity index (χ0n) is 13.7. The van der Waals surface area contributed by atoms with E-state index in [9.17, 15) is 4.79 Å². The standard InChI is InChI=1S/C16H19N5O3/c1-11-8-20-13(9-19-11)16(22)21-7-3-4-12(10-21)24-15-14(23-2)17-5-6-18-15/h5-6,8-9,12H,3-4,7,10H2,1-2H3. The van der Waals surface area contributed by atoms with Crippen molar-refractivity contribution in [2.75, 3.05) is 20.2 Å². The van der Waals surface area contributed by atoms with E-state index in [4.69, 9.17) is 9.47 Å². The minimum absolute atomic E-state index is 0.137. The zero-order chi connectivity index (χ0) is 16.9. The first kappa shape index (κ1) is 16.1. The molecule has 0 spiro atoms. The van der Waals surface area contributed by atoms with Crippen LogP contribution in [0.15, 0.2) is 24.8 Å². The van der Waals surface area contributed by atoms with Crippen LogP contribution in [-0.4, -0.2) is 57.0 Å². The molecule has 1 aliphatic heterocycles. The number of hydrogen-bond donors (Lipinski definition) is 0. The van der Waals surface area contributed by atoms with Crippen LogP contribution in [0.2, 0.25) is 0 Å². The first-order chi connectivity index (χ1) is 11.7. The van der Waals surface area contributed by atoms with Crippen molar-refractivity contribution in [1.29, 1.82) is 0 Å². The van der Waals surface area contributed by atoms with Gasteiger partial charge in [0.1, 0.15) is 11.8 Å². The Hall–Kier alpha value is -2.77. The van der Waals surface area contributed by atoms with Gasteiger partial charge in [-0.05, 0) is 19.8 Å². The zero-order valence-corrected chi connectivity index (χ0v) is 13.7. The van der Waals surface area contributed by atoms with Crippen LogP contribution in [0.4, 0.5) is 0 Å². The molecule has 3 heterocycles. The summed E-state index contributed by atoms with van der Waals surface area (Å²) in [5.74, 6) is 0.543. The average Bonchev–Trinajstić information content (AvgIpc) is 2.62. The van der Waals surface area contributed by atoms with Gasteiger partial charge in [0, 0.05) is 25.1 Å². The minimum atomic E-state index is -0.160. The Morgan fingerprint density at radius 1 is 1.17 bits per heavy atom. The smallest absolute Gasteiger partial charge is 0.278 e. The van der Waals surface area contributed by atoms with E-state index in [1.807, 2.05) is 6.92 Å². The fraction of sp³-hybridized carbons (Fsp3) is 0.438. The Kier molecular flexibility index (Phi) is 4.83. The van der Waals surface area contributed by atoms with Gasteiger partial charge in [-0.15, -0.1) is 0 Å². The summed E-state index contributed by atoms with van der Waals surface area (Å²) in [6, 6.07) is 0. The molecule has 2 aromatic rings. The van der Waals surface area contributed by atoms with Gasteiger partial charge in [-0.25, -0.2) is 15.0 Å². The second-order valence-corrected chi connectivity index (χ2v) is 5.55. The SMILES string of the molecule is COc1nccnc1OC1CCCN(C(=O)c2cnc(C)cn2)C1. The number of aryl methyl sites for hydroxylation is 1. The summed E-state index contributed by atoms with van der Waals surface area (Å²) in [7, 11) is 1.52. The van der Waals surface area contributed by atoms with E-state index in [-0.39, 0.29) is 12.0 Å². The molecule has 1 amide bonds. The number of likely N-dealkylation sites (tertiary alicyclic amines) is 1. The molecule has 2 aromatic heterocycles. The van der Waals surface area contributed by atoms with Crippen molar-refractivity contribution in [2.45, 2.75) is 25.9 Å². The Bertz CT molecular complexity index is 707. The van der Waals surface area contributed by atoms with Crippen LogP contribution in [0, 0.1) is 6.92 Å². The molecule has 8 heteroatoms. The van der Waals surface area contributed by atoms with Crippen molar-refractivity contribution in [3.05, 3.63) is 36.2 Å². The summed E-state index contributed by atoms with van der Waals surface area (Å²) >= 11 is 0. The van der Waals surface area contributed by atoms with E-state index in [1.165, 1.54) is 13.3 Å². The fourth-order valence-electron chi connectivity index (χ4n) is 2.58. The Balaban J connectivity index is 1.68. The molecular formula is C16H19N5O3. The summed E-state index contributed by atoms with van der Waals surface area (Å²) in [4.78, 5) is 30.8. The summed E-state index contributed by atoms with van der Waals surface area (Å²) in [6.07, 6.45) is 7.71. The molecule has 1 saturated heterocycles. The molecule has 0 bridgehead atoms. The maximum atomic E-state index is 12.5. The molecule has 126 valence electrons. The van der Waals surface area contributed by atoms with Crippen LogP contribution in [-0.2, 0) is 0 Å². The molecule has 1 fully saturated rings. The van der Waals surface area contributed by atoms with Gasteiger partial charge in [-0.3, -0.25) is 9.78 Å². The Morgan fingerprint density at radius 3 is 2.67 bits per heavy atom. The van der Waals surface area contributed by atoms with Gasteiger partial charge < -0.3 is 14.4 Å². The maximum Gasteiger partial charge on any atom is 0.278 e. The van der Waals surface area contributed by atoms with Crippen LogP contribution in [0.25, 0.3) is 0 Å². The number of nitrogens with zero attached hydrogens (tertiary/aromatic N) is 5. The number of rotatable bonds is 4. The molecule has 0 saturated carbocycles. The summed E-state index contributed by atoms with van der Waals surface area (Å²) in [6.45, 7) is 2.97. The van der Waals surface area contributed by atoms with Gasteiger partial charge in [0.05, 0.1) is 25.5 Å². The molecule has 1 aliphatic rings. The maximum absolute atomic E-state index is 12.5. The normalized spacial score (nSPS) is 17.4. The minimum Gasteiger partial charge on any atom is -0.477 e. The van der Waals surface area contributed by atoms with Gasteiger partial charge in [0.15, 0.2) is 0 Å². The third kappa shape index (κ3) is 3.58. The van der Waals surface area contributed by atoms with Crippen molar-refractivity contribution < 1.29 is 14.3 Å². The predicted octanol–water partition coefficient (Wildman–Crippen LogP) is 1.27. The summed E-state index contributed by atoms with van der Waals surface area (Å²) in [5.41, 5.74) is 1.12. The lowest BCUT2D eigenvalue weighted by molar-refractivity contribution is 0.0513. The first-order valence-corrected chi connectivity index (χ1v) is 7.77. The van der Waals surface area contributed by atoms with Gasteiger partial charge in [0.2, 0.25) is 0 Å². The van der Waals surface area contributed by atoms with E-state index in [0.717, 1.165) is 18.5 Å². The second-order valence-electron chi connectivity index (χ2n) is 5.55. The first-order valence-electron chi connectivity index (χ1n) is 7.77. The lowest BCUT2D eigenvalue weighted by Crippen LogP contribution is -2.44. The van der Waals surface area contributed by atoms with Crippen LogP contribution in [0.5, 0.6) is 11.8 Å². The molecule has 1 atom stereocenters. The average molecular weight is 329 g/mol. The lowest BCUT2D eigenvalue weighted by atomic mass is 10.1. The van der Waals surface area contributed by atoms with Crippen LogP contribution in [0.3, 0.4) is 0 Å². The number of piperidine rings is 1. The third-order valence-corrected chi connectivity index (χ3v) is 3.77. The molecule has 1 unspecified atom stereocenters. The second kappa shape index (κ2) is 7.20. The van der Waals surface area contributed by atoms with E-state index in [2.05, 4.69) is 19.9 Å². The number of methoxy groups -OCH3 is 1. The highest BCUT2D eigenvalue weighted by Gasteiger charge is 2.27. The number of amides is 1. The summed E-state index contributed by atoms with van der Waals surface area (Å²) < 4.78 is 11.0. The van der Waals surface area contributed by atoms with Gasteiger partial charge in [0.25, 0.3) is 17.7 Å². The molecule has 0 N–H and O–H groups in total. The van der Waals surface area contributed by atoms with Crippen LogP contribution < -0.4 is 9.47 Å². The van der Waals surface area contributed by atoms with Gasteiger partial charge in [-0.2, -0.15) is 0 Å². The molecule has 0 aliphatic carbocycles. The molecule has 0 radical (unpaired) electrons. The molecule has 8 nitrogen and oxygen atoms in total. The Morgan fingerprint density at radius 2 is 1.96 bits per heavy atom. The topological polar surface area (TPSA) is 90.3 Å². The number of ether oxygens (including phenoxy) is 2. The van der Waals surface area contributed by atoms with E-state index < -0.39 is 0 Å². The van der Waals surface area contributed by atoms with Gasteiger partial charge >= 0.3 is 0 Å². The molecule has 24 heavy (non-hydrogen) atoms. The van der Waals surface area contributed by atoms with Crippen molar-refractivity contribution in [1.82, 2.24) is 24.8 Å². The van der Waals surface area contributed by atoms with Crippen LogP contribution >= 0.6 is 0 Å². The third-order valence-electron chi connectivity index (χ3n) is 3.77. The van der Waals surface area contributed by atoms with Crippen molar-refractivity contribution >= 4 is 5.91 Å². The number of aromatic nitrogens is 4. The van der Waals surface area contributed by atoms with E-state index in [0.29, 0.717) is 30.5 Å². The molecule has 3 rings (SSSR count). The Labute approximate surface area is 139 Å². The fourth-order valence-corrected chi connectivity index (χ4v) is 2.58. The highest BCUT2D eigenvalue weighted by Crippen LogP contribution is 2.24. The lowest BCUT2D eigenvalue weighted by Gasteiger charge is -2.32. The van der Waals surface area contributed by atoms with Crippen molar-refractivity contribution in [3.63, 3.8) is 0 Å². The van der Waals surface area contributed by atoms with Crippen molar-refractivity contribution in [2.24, 2.45) is 0 Å². The number of carbonyl (C=O) groups excluding carboxylic acids is 1. The van der Waals surface area contributed by atoms with Crippen molar-refractivity contribution in [3.8, 4) is 11.8 Å². The predicted molar refractivity (Wildman–Crippen MR) is 84.9 cm³/mol. The van der Waals surface area contributed by atoms with E-state index >= 15 is 0 Å². The largest absolute Gasteiger partial charge is 0.477 e. The highest BCUT2D eigenvalue weighted by molar-refractivity contribution is 5.92. The highest BCUT2D eigenvalue weighted by atomic mass is 16.5. The monoisotopic (exact) mass is 329 g/mol. The van der Waals surface area contributed by atoms with Gasteiger partial charge in [-0.1, -0.05) is 0 Å². The molecule has 0 aromatic carbocycles. The number of carbonyl (C=O) groups is 1.